The number of ether oxygens (including phenoxy) is 1. The van der Waals surface area contributed by atoms with Crippen molar-refractivity contribution in [2.24, 2.45) is 0 Å². The van der Waals surface area contributed by atoms with E-state index in [1.165, 1.54) is 0 Å². The van der Waals surface area contributed by atoms with Gasteiger partial charge in [-0.3, -0.25) is 4.90 Å². The minimum absolute atomic E-state index is 0.0364. The normalized spacial score (nSPS) is 20.9. The van der Waals surface area contributed by atoms with Gasteiger partial charge in [-0.2, -0.15) is 4.98 Å². The molecule has 6 nitrogen and oxygen atoms in total. The number of hydrogen-bond donors (Lipinski definition) is 2. The highest BCUT2D eigenvalue weighted by Gasteiger charge is 2.19. The summed E-state index contributed by atoms with van der Waals surface area (Å²) >= 11 is 0. The molecule has 7 heteroatoms. The Bertz CT molecular complexity index is 403. The second kappa shape index (κ2) is 5.92. The smallest absolute Gasteiger partial charge is 0.222 e. The standard InChI is InChI=1S/C11H18FN5O/c1-2-17-3-4-18-8(7-17)5-14-10-9(12)6-15-11(13)16-10/h6,8H,2-5,7H2,1H3,(H3,13,14,15,16). The second-order valence-corrected chi connectivity index (χ2v) is 4.19. The van der Waals surface area contributed by atoms with Crippen molar-refractivity contribution in [1.82, 2.24) is 14.9 Å². The first-order valence-corrected chi connectivity index (χ1v) is 6.05. The quantitative estimate of drug-likeness (QED) is 0.807. The van der Waals surface area contributed by atoms with Crippen LogP contribution in [0.4, 0.5) is 16.2 Å². The van der Waals surface area contributed by atoms with Gasteiger partial charge in [0.25, 0.3) is 0 Å². The second-order valence-electron chi connectivity index (χ2n) is 4.19. The number of nitrogens with zero attached hydrogens (tertiary/aromatic N) is 3. The van der Waals surface area contributed by atoms with Crippen LogP contribution in [-0.2, 0) is 4.74 Å². The maximum atomic E-state index is 13.4. The summed E-state index contributed by atoms with van der Waals surface area (Å²) in [5.41, 5.74) is 5.41. The predicted molar refractivity (Wildman–Crippen MR) is 66.7 cm³/mol. The van der Waals surface area contributed by atoms with Gasteiger partial charge in [0.05, 0.1) is 18.9 Å². The Hall–Kier alpha value is -1.47. The molecular formula is C11H18FN5O. The van der Waals surface area contributed by atoms with Crippen LogP contribution in [0.3, 0.4) is 0 Å². The Morgan fingerprint density at radius 2 is 2.50 bits per heavy atom. The van der Waals surface area contributed by atoms with Gasteiger partial charge >= 0.3 is 0 Å². The molecule has 1 aliphatic rings. The van der Waals surface area contributed by atoms with E-state index in [-0.39, 0.29) is 17.9 Å². The van der Waals surface area contributed by atoms with Gasteiger partial charge in [0, 0.05) is 19.6 Å². The highest BCUT2D eigenvalue weighted by Crippen LogP contribution is 2.11. The zero-order valence-electron chi connectivity index (χ0n) is 10.4. The average molecular weight is 255 g/mol. The first kappa shape index (κ1) is 13.0. The number of halogens is 1. The Labute approximate surface area is 105 Å². The molecule has 1 aliphatic heterocycles. The molecule has 1 atom stereocenters. The van der Waals surface area contributed by atoms with Crippen molar-refractivity contribution in [2.75, 3.05) is 43.8 Å². The molecular weight excluding hydrogens is 237 g/mol. The van der Waals surface area contributed by atoms with Gasteiger partial charge in [-0.15, -0.1) is 0 Å². The Morgan fingerprint density at radius 3 is 3.28 bits per heavy atom. The minimum atomic E-state index is -0.507. The van der Waals surface area contributed by atoms with Gasteiger partial charge in [0.2, 0.25) is 5.95 Å². The van der Waals surface area contributed by atoms with Crippen LogP contribution < -0.4 is 11.1 Å². The number of anilines is 2. The topological polar surface area (TPSA) is 76.3 Å². The SMILES string of the molecule is CCN1CCOC(CNc2nc(N)ncc2F)C1. The van der Waals surface area contributed by atoms with Crippen molar-refractivity contribution in [3.8, 4) is 0 Å². The molecule has 1 aromatic rings. The number of nitrogens with one attached hydrogen (secondary N) is 1. The number of nitrogens with two attached hydrogens (primary N) is 1. The van der Waals surface area contributed by atoms with Gasteiger partial charge in [0.15, 0.2) is 11.6 Å². The van der Waals surface area contributed by atoms with Gasteiger partial charge in [-0.25, -0.2) is 9.37 Å². The first-order chi connectivity index (χ1) is 8.69. The van der Waals surface area contributed by atoms with E-state index < -0.39 is 5.82 Å². The highest BCUT2D eigenvalue weighted by molar-refractivity contribution is 5.39. The van der Waals surface area contributed by atoms with Crippen LogP contribution >= 0.6 is 0 Å². The first-order valence-electron chi connectivity index (χ1n) is 6.05. The van der Waals surface area contributed by atoms with Crippen LogP contribution in [0.5, 0.6) is 0 Å². The van der Waals surface area contributed by atoms with E-state index >= 15 is 0 Å². The van der Waals surface area contributed by atoms with Crippen molar-refractivity contribution in [1.29, 1.82) is 0 Å². The maximum Gasteiger partial charge on any atom is 0.222 e. The largest absolute Gasteiger partial charge is 0.374 e. The zero-order valence-corrected chi connectivity index (χ0v) is 10.4. The van der Waals surface area contributed by atoms with Gasteiger partial charge < -0.3 is 15.8 Å². The molecule has 1 unspecified atom stereocenters. The number of aromatic nitrogens is 2. The summed E-state index contributed by atoms with van der Waals surface area (Å²) in [5.74, 6) is -0.328. The third kappa shape index (κ3) is 3.27. The Balaban J connectivity index is 1.89. The van der Waals surface area contributed by atoms with E-state index in [1.807, 2.05) is 0 Å². The minimum Gasteiger partial charge on any atom is -0.374 e. The Morgan fingerprint density at radius 1 is 1.67 bits per heavy atom. The van der Waals surface area contributed by atoms with Gasteiger partial charge in [-0.1, -0.05) is 6.92 Å². The third-order valence-corrected chi connectivity index (χ3v) is 2.93. The molecule has 0 spiro atoms. The fraction of sp³-hybridized carbons (Fsp3) is 0.636. The lowest BCUT2D eigenvalue weighted by molar-refractivity contribution is -0.0192. The molecule has 0 aliphatic carbocycles. The summed E-state index contributed by atoms with van der Waals surface area (Å²) in [6.45, 7) is 6.10. The lowest BCUT2D eigenvalue weighted by Gasteiger charge is -2.32. The molecule has 2 heterocycles. The molecule has 2 rings (SSSR count). The van der Waals surface area contributed by atoms with Crippen LogP contribution in [0.1, 0.15) is 6.92 Å². The molecule has 1 fully saturated rings. The molecule has 3 N–H and O–H groups in total. The van der Waals surface area contributed by atoms with E-state index in [0.717, 1.165) is 25.8 Å². The van der Waals surface area contributed by atoms with Crippen LogP contribution in [0.2, 0.25) is 0 Å². The van der Waals surface area contributed by atoms with Gasteiger partial charge in [0.1, 0.15) is 0 Å². The maximum absolute atomic E-state index is 13.4. The predicted octanol–water partition coefficient (Wildman–Crippen LogP) is 0.330. The van der Waals surface area contributed by atoms with E-state index in [0.29, 0.717) is 13.2 Å². The van der Waals surface area contributed by atoms with Crippen molar-refractivity contribution in [3.63, 3.8) is 0 Å². The Kier molecular flexibility index (Phi) is 4.27. The molecule has 100 valence electrons. The monoisotopic (exact) mass is 255 g/mol. The molecule has 0 saturated carbocycles. The van der Waals surface area contributed by atoms with Crippen LogP contribution in [0.25, 0.3) is 0 Å². The summed E-state index contributed by atoms with van der Waals surface area (Å²) in [7, 11) is 0. The molecule has 1 aromatic heterocycles. The summed E-state index contributed by atoms with van der Waals surface area (Å²) in [5, 5.41) is 2.91. The van der Waals surface area contributed by atoms with E-state index in [2.05, 4.69) is 27.1 Å². The summed E-state index contributed by atoms with van der Waals surface area (Å²) in [6.07, 6.45) is 1.10. The summed E-state index contributed by atoms with van der Waals surface area (Å²) < 4.78 is 19.0. The number of hydrogen-bond acceptors (Lipinski definition) is 6. The highest BCUT2D eigenvalue weighted by atomic mass is 19.1. The van der Waals surface area contributed by atoms with Crippen LogP contribution in [0, 0.1) is 5.82 Å². The van der Waals surface area contributed by atoms with Crippen molar-refractivity contribution in [3.05, 3.63) is 12.0 Å². The average Bonchev–Trinajstić information content (AvgIpc) is 2.40. The molecule has 0 amide bonds. The number of nitrogen functional groups attached to an aromatic ring is 1. The zero-order chi connectivity index (χ0) is 13.0. The number of morpholine rings is 1. The van der Waals surface area contributed by atoms with Crippen LogP contribution in [0.15, 0.2) is 6.20 Å². The number of likely N-dealkylation sites (N-methyl/N-ethyl adjacent to an activating group) is 1. The van der Waals surface area contributed by atoms with Crippen molar-refractivity contribution < 1.29 is 9.13 Å². The van der Waals surface area contributed by atoms with E-state index in [9.17, 15) is 4.39 Å². The lowest BCUT2D eigenvalue weighted by atomic mass is 10.2. The molecule has 0 bridgehead atoms. The fourth-order valence-corrected chi connectivity index (χ4v) is 1.91. The van der Waals surface area contributed by atoms with Gasteiger partial charge in [-0.05, 0) is 6.54 Å². The van der Waals surface area contributed by atoms with Crippen LogP contribution in [-0.4, -0.2) is 53.8 Å². The molecule has 0 aromatic carbocycles. The van der Waals surface area contributed by atoms with Crippen molar-refractivity contribution >= 4 is 11.8 Å². The molecule has 18 heavy (non-hydrogen) atoms. The van der Waals surface area contributed by atoms with E-state index in [1.54, 1.807) is 0 Å². The fourth-order valence-electron chi connectivity index (χ4n) is 1.91. The molecule has 0 radical (unpaired) electrons. The lowest BCUT2D eigenvalue weighted by Crippen LogP contribution is -2.45. The van der Waals surface area contributed by atoms with Crippen molar-refractivity contribution in [2.45, 2.75) is 13.0 Å². The molecule has 1 saturated heterocycles. The summed E-state index contributed by atoms with van der Waals surface area (Å²) in [6, 6.07) is 0. The summed E-state index contributed by atoms with van der Waals surface area (Å²) in [4.78, 5) is 9.67. The number of rotatable bonds is 4. The third-order valence-electron chi connectivity index (χ3n) is 2.93. The van der Waals surface area contributed by atoms with E-state index in [4.69, 9.17) is 10.5 Å².